The molecule has 0 aromatic heterocycles. The van der Waals surface area contributed by atoms with Gasteiger partial charge >= 0.3 is 0 Å². The second-order valence-corrected chi connectivity index (χ2v) is 6.82. The van der Waals surface area contributed by atoms with Crippen LogP contribution in [0, 0.1) is 11.8 Å². The molecule has 2 unspecified atom stereocenters. The van der Waals surface area contributed by atoms with Crippen LogP contribution in [0.3, 0.4) is 0 Å². The molecule has 6 heteroatoms. The van der Waals surface area contributed by atoms with E-state index in [1.54, 1.807) is 0 Å². The SMILES string of the molecule is O=S(=O)(CBr)NCC1CCCC1CO. The summed E-state index contributed by atoms with van der Waals surface area (Å²) in [5.41, 5.74) is 0. The molecule has 0 aromatic carbocycles. The molecule has 0 spiro atoms. The summed E-state index contributed by atoms with van der Waals surface area (Å²) in [4.78, 5) is 0. The highest BCUT2D eigenvalue weighted by molar-refractivity contribution is 9.10. The Kier molecular flexibility index (Phi) is 4.82. The van der Waals surface area contributed by atoms with Crippen molar-refractivity contribution in [2.75, 3.05) is 17.8 Å². The molecular formula is C8H16BrNO3S. The number of hydrogen-bond donors (Lipinski definition) is 2. The molecule has 0 saturated heterocycles. The monoisotopic (exact) mass is 285 g/mol. The minimum Gasteiger partial charge on any atom is -0.396 e. The van der Waals surface area contributed by atoms with Crippen molar-refractivity contribution in [3.8, 4) is 0 Å². The van der Waals surface area contributed by atoms with Crippen LogP contribution in [0.25, 0.3) is 0 Å². The van der Waals surface area contributed by atoms with Crippen molar-refractivity contribution in [2.45, 2.75) is 19.3 Å². The van der Waals surface area contributed by atoms with Crippen LogP contribution < -0.4 is 4.72 Å². The number of rotatable bonds is 5. The smallest absolute Gasteiger partial charge is 0.221 e. The van der Waals surface area contributed by atoms with E-state index in [1.807, 2.05) is 0 Å². The van der Waals surface area contributed by atoms with E-state index in [0.717, 1.165) is 19.3 Å². The molecule has 0 bridgehead atoms. The lowest BCUT2D eigenvalue weighted by Crippen LogP contribution is -2.32. The molecule has 0 aliphatic heterocycles. The largest absolute Gasteiger partial charge is 0.396 e. The summed E-state index contributed by atoms with van der Waals surface area (Å²) in [5, 5.41) is 9.04. The van der Waals surface area contributed by atoms with Gasteiger partial charge in [0.25, 0.3) is 0 Å². The maximum Gasteiger partial charge on any atom is 0.221 e. The van der Waals surface area contributed by atoms with Gasteiger partial charge in [0.1, 0.15) is 4.66 Å². The van der Waals surface area contributed by atoms with Crippen molar-refractivity contribution in [2.24, 2.45) is 11.8 Å². The van der Waals surface area contributed by atoms with Crippen molar-refractivity contribution in [3.63, 3.8) is 0 Å². The molecule has 14 heavy (non-hydrogen) atoms. The van der Waals surface area contributed by atoms with Gasteiger partial charge in [0.15, 0.2) is 0 Å². The third kappa shape index (κ3) is 3.49. The Labute approximate surface area is 93.3 Å². The Morgan fingerprint density at radius 3 is 2.57 bits per heavy atom. The van der Waals surface area contributed by atoms with Crippen LogP contribution in [0.5, 0.6) is 0 Å². The van der Waals surface area contributed by atoms with Gasteiger partial charge in [-0.3, -0.25) is 0 Å². The van der Waals surface area contributed by atoms with Crippen LogP contribution in [-0.2, 0) is 10.0 Å². The lowest BCUT2D eigenvalue weighted by Gasteiger charge is -2.17. The van der Waals surface area contributed by atoms with E-state index in [2.05, 4.69) is 20.7 Å². The number of alkyl halides is 1. The molecule has 1 fully saturated rings. The average molecular weight is 286 g/mol. The van der Waals surface area contributed by atoms with Gasteiger partial charge in [-0.25, -0.2) is 13.1 Å². The van der Waals surface area contributed by atoms with Gasteiger partial charge in [0, 0.05) is 13.2 Å². The van der Waals surface area contributed by atoms with Crippen LogP contribution in [0.4, 0.5) is 0 Å². The molecule has 0 aromatic rings. The molecule has 1 aliphatic rings. The number of nitrogens with one attached hydrogen (secondary N) is 1. The molecular weight excluding hydrogens is 270 g/mol. The van der Waals surface area contributed by atoms with Crippen LogP contribution >= 0.6 is 15.9 Å². The lowest BCUT2D eigenvalue weighted by molar-refractivity contribution is 0.195. The molecule has 1 saturated carbocycles. The molecule has 1 rings (SSSR count). The first-order valence-corrected chi connectivity index (χ1v) is 7.50. The zero-order valence-corrected chi connectivity index (χ0v) is 10.3. The first-order valence-electron chi connectivity index (χ1n) is 4.73. The van der Waals surface area contributed by atoms with Crippen LogP contribution in [0.1, 0.15) is 19.3 Å². The zero-order chi connectivity index (χ0) is 10.6. The van der Waals surface area contributed by atoms with Gasteiger partial charge < -0.3 is 5.11 Å². The van der Waals surface area contributed by atoms with Gasteiger partial charge in [0.2, 0.25) is 10.0 Å². The van der Waals surface area contributed by atoms with E-state index in [4.69, 9.17) is 5.11 Å². The van der Waals surface area contributed by atoms with E-state index in [0.29, 0.717) is 12.5 Å². The predicted octanol–water partition coefficient (Wildman–Crippen LogP) is 0.667. The Hall–Kier alpha value is 0.350. The number of aliphatic hydroxyl groups excluding tert-OH is 1. The molecule has 84 valence electrons. The van der Waals surface area contributed by atoms with Gasteiger partial charge in [-0.15, -0.1) is 0 Å². The Bertz CT molecular complexity index is 268. The fourth-order valence-electron chi connectivity index (χ4n) is 1.90. The second-order valence-electron chi connectivity index (χ2n) is 3.71. The van der Waals surface area contributed by atoms with Crippen molar-refractivity contribution < 1.29 is 13.5 Å². The van der Waals surface area contributed by atoms with Crippen molar-refractivity contribution in [1.82, 2.24) is 4.72 Å². The molecule has 0 amide bonds. The van der Waals surface area contributed by atoms with E-state index in [9.17, 15) is 8.42 Å². The first kappa shape index (κ1) is 12.4. The number of aliphatic hydroxyl groups is 1. The summed E-state index contributed by atoms with van der Waals surface area (Å²) < 4.78 is 24.7. The third-order valence-electron chi connectivity index (χ3n) is 2.76. The maximum absolute atomic E-state index is 11.1. The first-order chi connectivity index (χ1) is 6.59. The number of halogens is 1. The molecule has 1 aliphatic carbocycles. The van der Waals surface area contributed by atoms with Crippen LogP contribution in [0.15, 0.2) is 0 Å². The van der Waals surface area contributed by atoms with E-state index in [-0.39, 0.29) is 17.2 Å². The fraction of sp³-hybridized carbons (Fsp3) is 1.00. The Morgan fingerprint density at radius 2 is 2.00 bits per heavy atom. The summed E-state index contributed by atoms with van der Waals surface area (Å²) in [6.45, 7) is 0.625. The highest BCUT2D eigenvalue weighted by Crippen LogP contribution is 2.30. The second kappa shape index (κ2) is 5.44. The van der Waals surface area contributed by atoms with E-state index < -0.39 is 10.0 Å². The summed E-state index contributed by atoms with van der Waals surface area (Å²) in [6.07, 6.45) is 3.11. The van der Waals surface area contributed by atoms with Gasteiger partial charge in [-0.05, 0) is 24.7 Å². The minimum atomic E-state index is -3.15. The molecule has 4 nitrogen and oxygen atoms in total. The zero-order valence-electron chi connectivity index (χ0n) is 7.95. The standard InChI is InChI=1S/C8H16BrNO3S/c9-6-14(12,13)10-4-7-2-1-3-8(7)5-11/h7-8,10-11H,1-6H2. The van der Waals surface area contributed by atoms with Gasteiger partial charge in [-0.1, -0.05) is 22.4 Å². The Morgan fingerprint density at radius 1 is 1.36 bits per heavy atom. The summed E-state index contributed by atoms with van der Waals surface area (Å²) in [6, 6.07) is 0. The normalized spacial score (nSPS) is 28.1. The van der Waals surface area contributed by atoms with Gasteiger partial charge in [-0.2, -0.15) is 0 Å². The number of sulfonamides is 1. The van der Waals surface area contributed by atoms with E-state index in [1.165, 1.54) is 0 Å². The minimum absolute atomic E-state index is 0.0590. The predicted molar refractivity (Wildman–Crippen MR) is 58.6 cm³/mol. The van der Waals surface area contributed by atoms with Gasteiger partial charge in [0.05, 0.1) is 0 Å². The summed E-state index contributed by atoms with van der Waals surface area (Å²) in [7, 11) is -3.15. The highest BCUT2D eigenvalue weighted by Gasteiger charge is 2.27. The van der Waals surface area contributed by atoms with Crippen LogP contribution in [0.2, 0.25) is 0 Å². The van der Waals surface area contributed by atoms with Crippen molar-refractivity contribution in [3.05, 3.63) is 0 Å². The molecule has 2 atom stereocenters. The maximum atomic E-state index is 11.1. The molecule has 2 N–H and O–H groups in total. The quantitative estimate of drug-likeness (QED) is 0.730. The fourth-order valence-corrected chi connectivity index (χ4v) is 2.93. The summed E-state index contributed by atoms with van der Waals surface area (Å²) >= 11 is 2.91. The average Bonchev–Trinajstić information content (AvgIpc) is 2.62. The van der Waals surface area contributed by atoms with Crippen LogP contribution in [-0.4, -0.2) is 31.3 Å². The van der Waals surface area contributed by atoms with Crippen molar-refractivity contribution >= 4 is 26.0 Å². The van der Waals surface area contributed by atoms with Crippen molar-refractivity contribution in [1.29, 1.82) is 0 Å². The molecule has 0 radical (unpaired) electrons. The Balaban J connectivity index is 2.38. The lowest BCUT2D eigenvalue weighted by atomic mass is 9.97. The summed E-state index contributed by atoms with van der Waals surface area (Å²) in [5.74, 6) is 0.571. The number of hydrogen-bond acceptors (Lipinski definition) is 3. The third-order valence-corrected chi connectivity index (χ3v) is 5.46. The topological polar surface area (TPSA) is 66.4 Å². The van der Waals surface area contributed by atoms with E-state index >= 15 is 0 Å². The molecule has 0 heterocycles. The highest BCUT2D eigenvalue weighted by atomic mass is 79.9.